The smallest absolute Gasteiger partial charge is 0.321 e. The number of amides is 3. The van der Waals surface area contributed by atoms with Gasteiger partial charge in [0.15, 0.2) is 0 Å². The maximum absolute atomic E-state index is 11.8. The molecule has 5 nitrogen and oxygen atoms in total. The molecule has 1 aliphatic carbocycles. The largest absolute Gasteiger partial charge is 0.376 e. The van der Waals surface area contributed by atoms with E-state index in [2.05, 4.69) is 16.0 Å². The molecule has 3 amide bonds. The first kappa shape index (κ1) is 15.4. The predicted octanol–water partition coefficient (Wildman–Crippen LogP) is 2.48. The minimum Gasteiger partial charge on any atom is -0.376 e. The molecule has 0 heterocycles. The summed E-state index contributed by atoms with van der Waals surface area (Å²) in [7, 11) is 0. The second-order valence-corrected chi connectivity index (χ2v) is 5.62. The van der Waals surface area contributed by atoms with Crippen molar-refractivity contribution in [2.45, 2.75) is 45.6 Å². The molecular formula is C16H23N3O2. The molecule has 1 aliphatic rings. The number of carbonyl (C=O) groups excluding carboxylic acids is 2. The van der Waals surface area contributed by atoms with Crippen LogP contribution in [0.5, 0.6) is 0 Å². The molecule has 0 radical (unpaired) electrons. The van der Waals surface area contributed by atoms with E-state index >= 15 is 0 Å². The summed E-state index contributed by atoms with van der Waals surface area (Å²) in [5.41, 5.74) is 3.11. The molecule has 0 saturated heterocycles. The van der Waals surface area contributed by atoms with Crippen LogP contribution in [0, 0.1) is 13.8 Å². The maximum atomic E-state index is 11.8. The van der Waals surface area contributed by atoms with Gasteiger partial charge in [0.05, 0.1) is 6.54 Å². The average Bonchev–Trinajstić information content (AvgIpc) is 2.90. The molecule has 0 atom stereocenters. The van der Waals surface area contributed by atoms with Crippen LogP contribution < -0.4 is 16.0 Å². The van der Waals surface area contributed by atoms with Crippen LogP contribution in [0.25, 0.3) is 0 Å². The summed E-state index contributed by atoms with van der Waals surface area (Å²) in [6.07, 6.45) is 4.30. The number of hydrogen-bond acceptors (Lipinski definition) is 3. The van der Waals surface area contributed by atoms with Gasteiger partial charge in [-0.15, -0.1) is 0 Å². The van der Waals surface area contributed by atoms with E-state index in [0.717, 1.165) is 42.5 Å². The molecule has 21 heavy (non-hydrogen) atoms. The Labute approximate surface area is 125 Å². The molecule has 5 heteroatoms. The highest BCUT2D eigenvalue weighted by molar-refractivity contribution is 5.96. The second-order valence-electron chi connectivity index (χ2n) is 5.62. The monoisotopic (exact) mass is 289 g/mol. The number of anilines is 1. The van der Waals surface area contributed by atoms with Gasteiger partial charge in [-0.2, -0.15) is 0 Å². The third kappa shape index (κ3) is 4.48. The Hall–Kier alpha value is -2.04. The molecule has 0 aromatic heterocycles. The fourth-order valence-corrected chi connectivity index (χ4v) is 2.72. The molecule has 1 aromatic carbocycles. The molecule has 2 rings (SSSR count). The van der Waals surface area contributed by atoms with E-state index in [1.165, 1.54) is 0 Å². The number of carbonyl (C=O) groups is 2. The highest BCUT2D eigenvalue weighted by atomic mass is 16.2. The lowest BCUT2D eigenvalue weighted by Crippen LogP contribution is -2.45. The summed E-state index contributed by atoms with van der Waals surface area (Å²) in [5, 5.41) is 8.28. The number of para-hydroxylation sites is 1. The van der Waals surface area contributed by atoms with Crippen LogP contribution in [0.4, 0.5) is 10.5 Å². The van der Waals surface area contributed by atoms with Crippen LogP contribution in [0.1, 0.15) is 36.8 Å². The second kappa shape index (κ2) is 7.11. The van der Waals surface area contributed by atoms with Crippen molar-refractivity contribution in [3.05, 3.63) is 29.3 Å². The third-order valence-electron chi connectivity index (χ3n) is 3.85. The van der Waals surface area contributed by atoms with Gasteiger partial charge in [-0.1, -0.05) is 31.0 Å². The number of urea groups is 1. The summed E-state index contributed by atoms with van der Waals surface area (Å²) in [6, 6.07) is 5.77. The number of benzene rings is 1. The molecule has 0 spiro atoms. The lowest BCUT2D eigenvalue weighted by molar-refractivity contribution is -0.118. The topological polar surface area (TPSA) is 70.2 Å². The fourth-order valence-electron chi connectivity index (χ4n) is 2.72. The van der Waals surface area contributed by atoms with Gasteiger partial charge in [-0.05, 0) is 37.8 Å². The van der Waals surface area contributed by atoms with Crippen molar-refractivity contribution < 1.29 is 9.59 Å². The van der Waals surface area contributed by atoms with Gasteiger partial charge >= 0.3 is 6.03 Å². The summed E-state index contributed by atoms with van der Waals surface area (Å²) < 4.78 is 0. The number of imide groups is 1. The van der Waals surface area contributed by atoms with Crippen molar-refractivity contribution in [2.75, 3.05) is 11.9 Å². The minimum absolute atomic E-state index is 0.0871. The number of hydrogen-bond donors (Lipinski definition) is 3. The lowest BCUT2D eigenvalue weighted by atomic mass is 10.1. The Bertz CT molecular complexity index is 502. The Balaban J connectivity index is 1.78. The van der Waals surface area contributed by atoms with Gasteiger partial charge in [0.2, 0.25) is 5.91 Å². The van der Waals surface area contributed by atoms with Crippen LogP contribution in [0.2, 0.25) is 0 Å². The minimum atomic E-state index is -0.393. The van der Waals surface area contributed by atoms with E-state index in [-0.39, 0.29) is 18.5 Å². The molecule has 3 N–H and O–H groups in total. The molecule has 1 fully saturated rings. The number of rotatable bonds is 4. The van der Waals surface area contributed by atoms with E-state index in [4.69, 9.17) is 0 Å². The first-order chi connectivity index (χ1) is 10.1. The van der Waals surface area contributed by atoms with Crippen LogP contribution in [-0.2, 0) is 4.79 Å². The zero-order valence-corrected chi connectivity index (χ0v) is 12.7. The van der Waals surface area contributed by atoms with E-state index in [1.54, 1.807) is 0 Å². The first-order valence-corrected chi connectivity index (χ1v) is 7.46. The summed E-state index contributed by atoms with van der Waals surface area (Å²) >= 11 is 0. The highest BCUT2D eigenvalue weighted by Crippen LogP contribution is 2.19. The summed E-state index contributed by atoms with van der Waals surface area (Å²) in [6.45, 7) is 4.06. The highest BCUT2D eigenvalue weighted by Gasteiger charge is 2.18. The van der Waals surface area contributed by atoms with Crippen molar-refractivity contribution in [3.8, 4) is 0 Å². The van der Waals surface area contributed by atoms with Crippen LogP contribution in [0.15, 0.2) is 18.2 Å². The van der Waals surface area contributed by atoms with Crippen molar-refractivity contribution in [1.29, 1.82) is 0 Å². The van der Waals surface area contributed by atoms with Crippen molar-refractivity contribution in [1.82, 2.24) is 10.6 Å². The standard InChI is InChI=1S/C16H23N3O2/c1-11-6-5-7-12(2)15(11)17-10-14(20)19-16(21)18-13-8-3-4-9-13/h5-7,13,17H,3-4,8-10H2,1-2H3,(H2,18,19,20,21). The zero-order chi connectivity index (χ0) is 15.2. The van der Waals surface area contributed by atoms with Gasteiger partial charge in [0.25, 0.3) is 0 Å². The van der Waals surface area contributed by atoms with E-state index < -0.39 is 6.03 Å². The van der Waals surface area contributed by atoms with Crippen molar-refractivity contribution >= 4 is 17.6 Å². The molecule has 0 aliphatic heterocycles. The molecule has 0 unspecified atom stereocenters. The van der Waals surface area contributed by atoms with E-state index in [9.17, 15) is 9.59 Å². The van der Waals surface area contributed by atoms with Crippen molar-refractivity contribution in [3.63, 3.8) is 0 Å². The normalized spacial score (nSPS) is 14.8. The molecule has 114 valence electrons. The van der Waals surface area contributed by atoms with Gasteiger partial charge in [0.1, 0.15) is 0 Å². The fraction of sp³-hybridized carbons (Fsp3) is 0.500. The average molecular weight is 289 g/mol. The molecule has 1 aromatic rings. The van der Waals surface area contributed by atoms with E-state index in [1.807, 2.05) is 32.0 Å². The van der Waals surface area contributed by atoms with Gasteiger partial charge < -0.3 is 10.6 Å². The predicted molar refractivity (Wildman–Crippen MR) is 83.3 cm³/mol. The maximum Gasteiger partial charge on any atom is 0.321 e. The first-order valence-electron chi connectivity index (χ1n) is 7.46. The zero-order valence-electron chi connectivity index (χ0n) is 12.7. The lowest BCUT2D eigenvalue weighted by Gasteiger charge is -2.14. The van der Waals surface area contributed by atoms with E-state index in [0.29, 0.717) is 0 Å². The Morgan fingerprint density at radius 2 is 1.76 bits per heavy atom. The van der Waals surface area contributed by atoms with Crippen LogP contribution in [-0.4, -0.2) is 24.5 Å². The molecular weight excluding hydrogens is 266 g/mol. The SMILES string of the molecule is Cc1cccc(C)c1NCC(=O)NC(=O)NC1CCCC1. The number of nitrogens with one attached hydrogen (secondary N) is 3. The summed E-state index contributed by atoms with van der Waals surface area (Å²) in [4.78, 5) is 23.5. The number of aryl methyl sites for hydroxylation is 2. The molecule has 0 bridgehead atoms. The van der Waals surface area contributed by atoms with Gasteiger partial charge in [-0.3, -0.25) is 10.1 Å². The van der Waals surface area contributed by atoms with Gasteiger partial charge in [-0.25, -0.2) is 4.79 Å². The third-order valence-corrected chi connectivity index (χ3v) is 3.85. The van der Waals surface area contributed by atoms with Crippen LogP contribution in [0.3, 0.4) is 0 Å². The van der Waals surface area contributed by atoms with Crippen molar-refractivity contribution in [2.24, 2.45) is 0 Å². The Kier molecular flexibility index (Phi) is 5.20. The molecule has 1 saturated carbocycles. The Morgan fingerprint density at radius 3 is 2.38 bits per heavy atom. The van der Waals surface area contributed by atoms with Gasteiger partial charge in [0, 0.05) is 11.7 Å². The Morgan fingerprint density at radius 1 is 1.14 bits per heavy atom. The van der Waals surface area contributed by atoms with Crippen LogP contribution >= 0.6 is 0 Å². The summed E-state index contributed by atoms with van der Waals surface area (Å²) in [5.74, 6) is -0.326. The quantitative estimate of drug-likeness (QED) is 0.797.